The first kappa shape index (κ1) is 19.9. The Balaban J connectivity index is 1.48. The summed E-state index contributed by atoms with van der Waals surface area (Å²) in [5, 5.41) is 3.23. The Hall–Kier alpha value is -2.90. The highest BCUT2D eigenvalue weighted by atomic mass is 35.5. The van der Waals surface area contributed by atoms with E-state index >= 15 is 0 Å². The molecule has 7 nitrogen and oxygen atoms in total. The summed E-state index contributed by atoms with van der Waals surface area (Å²) in [5.74, 6) is -0.760. The normalized spacial score (nSPS) is 14.5. The second-order valence-electron chi connectivity index (χ2n) is 6.54. The summed E-state index contributed by atoms with van der Waals surface area (Å²) in [6, 6.07) is 13.4. The first-order valence-corrected chi connectivity index (χ1v) is 9.28. The molecule has 0 saturated carbocycles. The summed E-state index contributed by atoms with van der Waals surface area (Å²) in [6.45, 7) is 2.50. The summed E-state index contributed by atoms with van der Waals surface area (Å²) >= 11 is 6.10. The van der Waals surface area contributed by atoms with E-state index in [9.17, 15) is 14.4 Å². The van der Waals surface area contributed by atoms with Gasteiger partial charge in [-0.15, -0.1) is 0 Å². The van der Waals surface area contributed by atoms with Crippen LogP contribution in [0.1, 0.15) is 20.7 Å². The van der Waals surface area contributed by atoms with Gasteiger partial charge in [-0.3, -0.25) is 19.3 Å². The average Bonchev–Trinajstić information content (AvgIpc) is 2.69. The number of nitrogens with zero attached hydrogens (tertiary/aromatic N) is 2. The third kappa shape index (κ3) is 4.88. The predicted octanol–water partition coefficient (Wildman–Crippen LogP) is 1.84. The molecule has 3 amide bonds. The summed E-state index contributed by atoms with van der Waals surface area (Å²) < 4.78 is 0. The first-order valence-electron chi connectivity index (χ1n) is 8.90. The van der Waals surface area contributed by atoms with Crippen LogP contribution in [0.25, 0.3) is 0 Å². The van der Waals surface area contributed by atoms with E-state index in [0.717, 1.165) is 0 Å². The maximum atomic E-state index is 12.6. The number of piperazine rings is 1. The number of carbonyl (C=O) groups excluding carboxylic acids is 3. The molecule has 1 aliphatic heterocycles. The number of amides is 3. The molecule has 0 bridgehead atoms. The van der Waals surface area contributed by atoms with Crippen LogP contribution in [0.15, 0.2) is 48.5 Å². The van der Waals surface area contributed by atoms with Crippen LogP contribution in [0.3, 0.4) is 0 Å². The first-order chi connectivity index (χ1) is 13.4. The molecule has 0 aliphatic carbocycles. The Bertz CT molecular complexity index is 877. The molecule has 1 heterocycles. The van der Waals surface area contributed by atoms with Crippen LogP contribution in [0, 0.1) is 0 Å². The maximum absolute atomic E-state index is 12.6. The van der Waals surface area contributed by atoms with Gasteiger partial charge in [-0.05, 0) is 36.4 Å². The van der Waals surface area contributed by atoms with Gasteiger partial charge >= 0.3 is 0 Å². The van der Waals surface area contributed by atoms with Crippen LogP contribution in [0.5, 0.6) is 0 Å². The zero-order valence-electron chi connectivity index (χ0n) is 15.2. The Labute approximate surface area is 168 Å². The summed E-state index contributed by atoms with van der Waals surface area (Å²) in [5.41, 5.74) is 6.68. The van der Waals surface area contributed by atoms with Crippen molar-refractivity contribution in [3.8, 4) is 0 Å². The fraction of sp³-hybridized carbons (Fsp3) is 0.250. The van der Waals surface area contributed by atoms with E-state index in [-0.39, 0.29) is 18.4 Å². The largest absolute Gasteiger partial charge is 0.366 e. The van der Waals surface area contributed by atoms with E-state index < -0.39 is 5.91 Å². The Kier molecular flexibility index (Phi) is 6.28. The van der Waals surface area contributed by atoms with Crippen molar-refractivity contribution in [2.45, 2.75) is 0 Å². The Morgan fingerprint density at radius 1 is 0.964 bits per heavy atom. The minimum absolute atomic E-state index is 0.0933. The van der Waals surface area contributed by atoms with Gasteiger partial charge in [0.05, 0.1) is 17.1 Å². The highest BCUT2D eigenvalue weighted by Gasteiger charge is 2.24. The van der Waals surface area contributed by atoms with Crippen LogP contribution in [-0.2, 0) is 4.79 Å². The lowest BCUT2D eigenvalue weighted by Gasteiger charge is -2.34. The number of hydrogen-bond acceptors (Lipinski definition) is 4. The molecular formula is C20H21ClN4O3. The van der Waals surface area contributed by atoms with Crippen molar-refractivity contribution in [1.82, 2.24) is 9.80 Å². The molecule has 2 aromatic carbocycles. The standard InChI is InChI=1S/C20H21ClN4O3/c21-17-4-2-1-3-16(17)20(28)25-11-9-24(10-12-25)13-18(26)23-15-7-5-14(6-8-15)19(22)27/h1-8H,9-13H2,(H2,22,27)(H,23,26). The Morgan fingerprint density at radius 3 is 2.21 bits per heavy atom. The van der Waals surface area contributed by atoms with Gasteiger partial charge in [-0.25, -0.2) is 0 Å². The quantitative estimate of drug-likeness (QED) is 0.800. The van der Waals surface area contributed by atoms with Crippen molar-refractivity contribution in [2.24, 2.45) is 5.73 Å². The lowest BCUT2D eigenvalue weighted by Crippen LogP contribution is -2.50. The van der Waals surface area contributed by atoms with Crippen molar-refractivity contribution in [3.05, 3.63) is 64.7 Å². The zero-order chi connectivity index (χ0) is 20.1. The van der Waals surface area contributed by atoms with Crippen molar-refractivity contribution in [1.29, 1.82) is 0 Å². The molecular weight excluding hydrogens is 380 g/mol. The third-order valence-electron chi connectivity index (χ3n) is 4.58. The van der Waals surface area contributed by atoms with Gasteiger partial charge < -0.3 is 16.0 Å². The molecule has 28 heavy (non-hydrogen) atoms. The van der Waals surface area contributed by atoms with Gasteiger partial charge in [0.1, 0.15) is 0 Å². The van der Waals surface area contributed by atoms with Crippen molar-refractivity contribution in [2.75, 3.05) is 38.0 Å². The number of benzene rings is 2. The minimum Gasteiger partial charge on any atom is -0.366 e. The number of anilines is 1. The molecule has 0 unspecified atom stereocenters. The minimum atomic E-state index is -0.512. The lowest BCUT2D eigenvalue weighted by atomic mass is 10.2. The number of primary amides is 1. The molecule has 1 aliphatic rings. The number of rotatable bonds is 5. The number of nitrogens with two attached hydrogens (primary N) is 1. The van der Waals surface area contributed by atoms with E-state index in [1.54, 1.807) is 53.4 Å². The zero-order valence-corrected chi connectivity index (χ0v) is 16.0. The maximum Gasteiger partial charge on any atom is 0.255 e. The lowest BCUT2D eigenvalue weighted by molar-refractivity contribution is -0.117. The van der Waals surface area contributed by atoms with Crippen molar-refractivity contribution >= 4 is 35.0 Å². The van der Waals surface area contributed by atoms with Gasteiger partial charge in [0.25, 0.3) is 5.91 Å². The molecule has 8 heteroatoms. The molecule has 1 fully saturated rings. The van der Waals surface area contributed by atoms with Crippen LogP contribution >= 0.6 is 11.6 Å². The predicted molar refractivity (Wildman–Crippen MR) is 107 cm³/mol. The van der Waals surface area contributed by atoms with Crippen LogP contribution in [0.2, 0.25) is 5.02 Å². The highest BCUT2D eigenvalue weighted by molar-refractivity contribution is 6.33. The monoisotopic (exact) mass is 400 g/mol. The summed E-state index contributed by atoms with van der Waals surface area (Å²) in [6.07, 6.45) is 0. The van der Waals surface area contributed by atoms with Crippen LogP contribution in [-0.4, -0.2) is 60.2 Å². The van der Waals surface area contributed by atoms with Crippen molar-refractivity contribution in [3.63, 3.8) is 0 Å². The molecule has 0 radical (unpaired) electrons. The third-order valence-corrected chi connectivity index (χ3v) is 4.91. The summed E-state index contributed by atoms with van der Waals surface area (Å²) in [7, 11) is 0. The van der Waals surface area contributed by atoms with E-state index in [2.05, 4.69) is 5.32 Å². The van der Waals surface area contributed by atoms with Gasteiger partial charge in [-0.2, -0.15) is 0 Å². The van der Waals surface area contributed by atoms with E-state index in [1.807, 2.05) is 4.90 Å². The highest BCUT2D eigenvalue weighted by Crippen LogP contribution is 2.18. The number of halogens is 1. The molecule has 1 saturated heterocycles. The topological polar surface area (TPSA) is 95.7 Å². The molecule has 146 valence electrons. The van der Waals surface area contributed by atoms with Crippen molar-refractivity contribution < 1.29 is 14.4 Å². The van der Waals surface area contributed by atoms with E-state index in [1.165, 1.54) is 0 Å². The Morgan fingerprint density at radius 2 is 1.61 bits per heavy atom. The van der Waals surface area contributed by atoms with Gasteiger partial charge in [0.15, 0.2) is 0 Å². The van der Waals surface area contributed by atoms with E-state index in [0.29, 0.717) is 48.0 Å². The number of nitrogens with one attached hydrogen (secondary N) is 1. The number of hydrogen-bond donors (Lipinski definition) is 2. The molecule has 0 atom stereocenters. The fourth-order valence-electron chi connectivity index (χ4n) is 3.04. The second kappa shape index (κ2) is 8.86. The van der Waals surface area contributed by atoms with Crippen LogP contribution < -0.4 is 11.1 Å². The molecule has 0 spiro atoms. The van der Waals surface area contributed by atoms with E-state index in [4.69, 9.17) is 17.3 Å². The number of carbonyl (C=O) groups is 3. The van der Waals surface area contributed by atoms with Crippen LogP contribution in [0.4, 0.5) is 5.69 Å². The molecule has 3 N–H and O–H groups in total. The SMILES string of the molecule is NC(=O)c1ccc(NC(=O)CN2CCN(C(=O)c3ccccc3Cl)CC2)cc1. The van der Waals surface area contributed by atoms with Gasteiger partial charge in [0, 0.05) is 37.4 Å². The molecule has 3 rings (SSSR count). The van der Waals surface area contributed by atoms with Gasteiger partial charge in [0.2, 0.25) is 11.8 Å². The molecule has 0 aromatic heterocycles. The molecule has 2 aromatic rings. The van der Waals surface area contributed by atoms with Gasteiger partial charge in [-0.1, -0.05) is 23.7 Å². The average molecular weight is 401 g/mol. The fourth-order valence-corrected chi connectivity index (χ4v) is 3.25. The smallest absolute Gasteiger partial charge is 0.255 e. The summed E-state index contributed by atoms with van der Waals surface area (Å²) in [4.78, 5) is 39.6. The second-order valence-corrected chi connectivity index (χ2v) is 6.95.